The van der Waals surface area contributed by atoms with Gasteiger partial charge in [0.25, 0.3) is 5.91 Å². The van der Waals surface area contributed by atoms with Crippen LogP contribution in [0.3, 0.4) is 0 Å². The van der Waals surface area contributed by atoms with E-state index in [0.29, 0.717) is 24.6 Å². The third-order valence-corrected chi connectivity index (χ3v) is 3.98. The Morgan fingerprint density at radius 3 is 3.17 bits per heavy atom. The van der Waals surface area contributed by atoms with Gasteiger partial charge in [0, 0.05) is 31.1 Å². The zero-order chi connectivity index (χ0) is 15.6. The van der Waals surface area contributed by atoms with Gasteiger partial charge in [-0.2, -0.15) is 0 Å². The summed E-state index contributed by atoms with van der Waals surface area (Å²) in [5.41, 5.74) is 1.57. The molecule has 0 spiro atoms. The van der Waals surface area contributed by atoms with Gasteiger partial charge in [0.1, 0.15) is 11.4 Å². The topological polar surface area (TPSA) is 68.5 Å². The number of fused-ring (bicyclic) bond motifs is 2. The summed E-state index contributed by atoms with van der Waals surface area (Å²) in [6, 6.07) is 9.82. The van der Waals surface area contributed by atoms with E-state index in [-0.39, 0.29) is 11.8 Å². The third kappa shape index (κ3) is 2.75. The van der Waals surface area contributed by atoms with E-state index in [2.05, 4.69) is 21.4 Å². The Hall–Kier alpha value is -2.89. The smallest absolute Gasteiger partial charge is 0.271 e. The molecule has 2 aromatic heterocycles. The summed E-state index contributed by atoms with van der Waals surface area (Å²) >= 11 is 0. The molecule has 1 aliphatic heterocycles. The summed E-state index contributed by atoms with van der Waals surface area (Å²) in [5.74, 6) is 1.55. The van der Waals surface area contributed by atoms with Crippen molar-refractivity contribution >= 4 is 11.7 Å². The molecule has 0 bridgehead atoms. The first-order valence-corrected chi connectivity index (χ1v) is 7.58. The summed E-state index contributed by atoms with van der Waals surface area (Å²) < 4.78 is 7.47. The quantitative estimate of drug-likeness (QED) is 0.800. The fourth-order valence-electron chi connectivity index (χ4n) is 2.79. The first-order chi connectivity index (χ1) is 11.3. The maximum absolute atomic E-state index is 12.2. The number of rotatable bonds is 3. The van der Waals surface area contributed by atoms with Crippen LogP contribution in [0, 0.1) is 5.92 Å². The molecule has 0 radical (unpaired) electrons. The highest BCUT2D eigenvalue weighted by Gasteiger charge is 2.20. The highest BCUT2D eigenvalue weighted by molar-refractivity contribution is 5.92. The molecule has 1 unspecified atom stereocenters. The first-order valence-electron chi connectivity index (χ1n) is 7.58. The second kappa shape index (κ2) is 5.72. The maximum atomic E-state index is 12.2. The minimum atomic E-state index is -0.186. The molecule has 116 valence electrons. The molecule has 6 heteroatoms. The molecule has 23 heavy (non-hydrogen) atoms. The lowest BCUT2D eigenvalue weighted by Gasteiger charge is -2.25. The number of hydrogen-bond acceptors (Lipinski definition) is 4. The van der Waals surface area contributed by atoms with E-state index in [1.807, 2.05) is 24.4 Å². The van der Waals surface area contributed by atoms with Crippen LogP contribution in [-0.2, 0) is 6.42 Å². The van der Waals surface area contributed by atoms with E-state index in [0.717, 1.165) is 12.2 Å². The number of imidazole rings is 1. The first kappa shape index (κ1) is 13.8. The van der Waals surface area contributed by atoms with Crippen molar-refractivity contribution in [3.05, 3.63) is 60.2 Å². The third-order valence-electron chi connectivity index (χ3n) is 3.98. The molecule has 0 aliphatic carbocycles. The second-order valence-electron chi connectivity index (χ2n) is 5.65. The lowest BCUT2D eigenvalue weighted by Crippen LogP contribution is -2.34. The van der Waals surface area contributed by atoms with Crippen LogP contribution in [0.4, 0.5) is 0 Å². The molecular weight excluding hydrogens is 292 g/mol. The van der Waals surface area contributed by atoms with E-state index >= 15 is 0 Å². The highest BCUT2D eigenvalue weighted by Crippen LogP contribution is 2.26. The largest absolute Gasteiger partial charge is 0.493 e. The van der Waals surface area contributed by atoms with Gasteiger partial charge in [-0.1, -0.05) is 18.2 Å². The van der Waals surface area contributed by atoms with Gasteiger partial charge < -0.3 is 10.1 Å². The molecule has 1 atom stereocenters. The molecule has 3 heterocycles. The Morgan fingerprint density at radius 2 is 2.26 bits per heavy atom. The van der Waals surface area contributed by atoms with Crippen LogP contribution in [0.15, 0.2) is 48.9 Å². The van der Waals surface area contributed by atoms with Crippen LogP contribution in [0.25, 0.3) is 5.78 Å². The molecule has 0 saturated heterocycles. The van der Waals surface area contributed by atoms with Crippen LogP contribution in [0.5, 0.6) is 5.75 Å². The highest BCUT2D eigenvalue weighted by atomic mass is 16.5. The fraction of sp³-hybridized carbons (Fsp3) is 0.235. The minimum Gasteiger partial charge on any atom is -0.493 e. The Balaban J connectivity index is 1.40. The van der Waals surface area contributed by atoms with E-state index < -0.39 is 0 Å². The Morgan fingerprint density at radius 1 is 1.35 bits per heavy atom. The van der Waals surface area contributed by atoms with E-state index in [9.17, 15) is 4.79 Å². The van der Waals surface area contributed by atoms with Gasteiger partial charge in [0.05, 0.1) is 6.61 Å². The molecule has 1 N–H and O–H groups in total. The van der Waals surface area contributed by atoms with Gasteiger partial charge in [-0.3, -0.25) is 9.20 Å². The number of carbonyl (C=O) groups is 1. The zero-order valence-corrected chi connectivity index (χ0v) is 12.5. The number of nitrogens with one attached hydrogen (secondary N) is 1. The summed E-state index contributed by atoms with van der Waals surface area (Å²) in [6.07, 6.45) is 6.06. The van der Waals surface area contributed by atoms with E-state index in [4.69, 9.17) is 4.74 Å². The summed E-state index contributed by atoms with van der Waals surface area (Å²) in [4.78, 5) is 20.6. The average Bonchev–Trinajstić information content (AvgIpc) is 3.04. The standard InChI is InChI=1S/C17H16N4O2/c22-16(14-10-21-7-3-6-18-17(21)20-14)19-9-12-8-13-4-1-2-5-15(13)23-11-12/h1-7,10,12H,8-9,11H2,(H,19,22). The molecule has 1 aromatic carbocycles. The molecule has 0 saturated carbocycles. The van der Waals surface area contributed by atoms with Gasteiger partial charge in [-0.25, -0.2) is 9.97 Å². The number of para-hydroxylation sites is 1. The number of nitrogens with zero attached hydrogens (tertiary/aromatic N) is 3. The monoisotopic (exact) mass is 308 g/mol. The van der Waals surface area contributed by atoms with E-state index in [1.165, 1.54) is 5.56 Å². The fourth-order valence-corrected chi connectivity index (χ4v) is 2.79. The van der Waals surface area contributed by atoms with Crippen LogP contribution < -0.4 is 10.1 Å². The van der Waals surface area contributed by atoms with E-state index in [1.54, 1.807) is 22.9 Å². The molecule has 1 aliphatic rings. The zero-order valence-electron chi connectivity index (χ0n) is 12.5. The predicted octanol–water partition coefficient (Wildman–Crippen LogP) is 1.71. The van der Waals surface area contributed by atoms with Crippen LogP contribution in [0.2, 0.25) is 0 Å². The van der Waals surface area contributed by atoms with Crippen molar-refractivity contribution in [1.29, 1.82) is 0 Å². The van der Waals surface area contributed by atoms with Gasteiger partial charge >= 0.3 is 0 Å². The number of ether oxygens (including phenoxy) is 1. The lowest BCUT2D eigenvalue weighted by molar-refractivity contribution is 0.0934. The molecule has 1 amide bonds. The molecule has 0 fully saturated rings. The van der Waals surface area contributed by atoms with Crippen LogP contribution in [-0.4, -0.2) is 33.4 Å². The summed E-state index contributed by atoms with van der Waals surface area (Å²) in [6.45, 7) is 1.18. The molecule has 4 rings (SSSR count). The van der Waals surface area contributed by atoms with Gasteiger partial charge in [-0.05, 0) is 24.1 Å². The van der Waals surface area contributed by atoms with Crippen LogP contribution >= 0.6 is 0 Å². The maximum Gasteiger partial charge on any atom is 0.271 e. The molecular formula is C17H16N4O2. The summed E-state index contributed by atoms with van der Waals surface area (Å²) in [5, 5.41) is 2.94. The van der Waals surface area contributed by atoms with Crippen molar-refractivity contribution in [2.24, 2.45) is 5.92 Å². The van der Waals surface area contributed by atoms with Gasteiger partial charge in [0.15, 0.2) is 0 Å². The molecule has 3 aromatic rings. The van der Waals surface area contributed by atoms with Crippen molar-refractivity contribution in [3.63, 3.8) is 0 Å². The Labute approximate surface area is 133 Å². The van der Waals surface area contributed by atoms with Crippen molar-refractivity contribution in [1.82, 2.24) is 19.7 Å². The normalized spacial score (nSPS) is 16.6. The number of benzene rings is 1. The Bertz CT molecular complexity index is 825. The van der Waals surface area contributed by atoms with Crippen LogP contribution in [0.1, 0.15) is 16.1 Å². The minimum absolute atomic E-state index is 0.186. The predicted molar refractivity (Wildman–Crippen MR) is 84.5 cm³/mol. The number of amides is 1. The van der Waals surface area contributed by atoms with Crippen molar-refractivity contribution in [3.8, 4) is 5.75 Å². The lowest BCUT2D eigenvalue weighted by atomic mass is 9.97. The van der Waals surface area contributed by atoms with Crippen molar-refractivity contribution < 1.29 is 9.53 Å². The second-order valence-corrected chi connectivity index (χ2v) is 5.65. The van der Waals surface area contributed by atoms with Gasteiger partial charge in [0.2, 0.25) is 5.78 Å². The number of aromatic nitrogens is 3. The SMILES string of the molecule is O=C(NCC1COc2ccccc2C1)c1cn2cccnc2n1. The molecule has 6 nitrogen and oxygen atoms in total. The van der Waals surface area contributed by atoms with Crippen molar-refractivity contribution in [2.45, 2.75) is 6.42 Å². The number of hydrogen-bond donors (Lipinski definition) is 1. The summed E-state index contributed by atoms with van der Waals surface area (Å²) in [7, 11) is 0. The Kier molecular flexibility index (Phi) is 3.42. The number of carbonyl (C=O) groups excluding carboxylic acids is 1. The van der Waals surface area contributed by atoms with Gasteiger partial charge in [-0.15, -0.1) is 0 Å². The van der Waals surface area contributed by atoms with Crippen molar-refractivity contribution in [2.75, 3.05) is 13.2 Å². The average molecular weight is 308 g/mol.